The Morgan fingerprint density at radius 2 is 2.04 bits per heavy atom. The van der Waals surface area contributed by atoms with Crippen LogP contribution in [-0.2, 0) is 6.54 Å². The van der Waals surface area contributed by atoms with Crippen LogP contribution < -0.4 is 15.8 Å². The maximum Gasteiger partial charge on any atom is 0.193 e. The Kier molecular flexibility index (Phi) is 5.62. The lowest BCUT2D eigenvalue weighted by Gasteiger charge is -2.12. The predicted molar refractivity (Wildman–Crippen MR) is 94.0 cm³/mol. The van der Waals surface area contributed by atoms with Crippen molar-refractivity contribution in [2.75, 3.05) is 19.0 Å². The van der Waals surface area contributed by atoms with Crippen LogP contribution in [0.1, 0.15) is 18.3 Å². The molecule has 0 saturated carbocycles. The fourth-order valence-electron chi connectivity index (χ4n) is 2.33. The zero-order chi connectivity index (χ0) is 16.8. The second kappa shape index (κ2) is 7.67. The molecule has 1 aromatic carbocycles. The van der Waals surface area contributed by atoms with Crippen molar-refractivity contribution in [3.63, 3.8) is 0 Å². The second-order valence-electron chi connectivity index (χ2n) is 5.79. The fraction of sp³-hybridized carbons (Fsp3) is 0.412. The van der Waals surface area contributed by atoms with Crippen molar-refractivity contribution >= 4 is 11.6 Å². The summed E-state index contributed by atoms with van der Waals surface area (Å²) in [5.41, 5.74) is 9.03. The largest absolute Gasteiger partial charge is 0.497 e. The summed E-state index contributed by atoms with van der Waals surface area (Å²) in [5, 5.41) is 7.55. The number of guanidine groups is 1. The average Bonchev–Trinajstić information content (AvgIpc) is 2.83. The molecule has 3 N–H and O–H groups in total. The highest BCUT2D eigenvalue weighted by molar-refractivity contribution is 5.92. The van der Waals surface area contributed by atoms with E-state index >= 15 is 0 Å². The second-order valence-corrected chi connectivity index (χ2v) is 5.79. The van der Waals surface area contributed by atoms with Crippen LogP contribution in [-0.4, -0.2) is 29.4 Å². The molecule has 23 heavy (non-hydrogen) atoms. The summed E-state index contributed by atoms with van der Waals surface area (Å²) in [6.07, 6.45) is 0. The molecule has 124 valence electrons. The Bertz CT molecular complexity index is 660. The molecule has 0 bridgehead atoms. The molecule has 1 unspecified atom stereocenters. The molecule has 1 aromatic heterocycles. The van der Waals surface area contributed by atoms with E-state index in [0.29, 0.717) is 18.4 Å². The van der Waals surface area contributed by atoms with E-state index in [9.17, 15) is 0 Å². The Labute approximate surface area is 137 Å². The molecule has 1 atom stereocenters. The summed E-state index contributed by atoms with van der Waals surface area (Å²) in [4.78, 5) is 4.41. The van der Waals surface area contributed by atoms with Crippen LogP contribution in [0.5, 0.6) is 5.75 Å². The molecule has 0 aliphatic heterocycles. The van der Waals surface area contributed by atoms with Gasteiger partial charge < -0.3 is 15.8 Å². The predicted octanol–water partition coefficient (Wildman–Crippen LogP) is 2.57. The van der Waals surface area contributed by atoms with Crippen molar-refractivity contribution in [2.45, 2.75) is 27.3 Å². The topological polar surface area (TPSA) is 77.5 Å². The van der Waals surface area contributed by atoms with E-state index in [-0.39, 0.29) is 0 Å². The number of benzene rings is 1. The third-order valence-corrected chi connectivity index (χ3v) is 3.52. The van der Waals surface area contributed by atoms with Crippen molar-refractivity contribution in [1.82, 2.24) is 9.78 Å². The molecule has 0 aliphatic rings. The van der Waals surface area contributed by atoms with Gasteiger partial charge in [0, 0.05) is 24.5 Å². The number of nitrogens with zero attached hydrogens (tertiary/aromatic N) is 3. The molecule has 0 saturated heterocycles. The number of anilines is 1. The Balaban J connectivity index is 1.86. The van der Waals surface area contributed by atoms with E-state index < -0.39 is 0 Å². The Morgan fingerprint density at radius 1 is 1.35 bits per heavy atom. The monoisotopic (exact) mass is 315 g/mol. The van der Waals surface area contributed by atoms with Crippen LogP contribution in [0.15, 0.2) is 35.3 Å². The van der Waals surface area contributed by atoms with Crippen LogP contribution in [0, 0.1) is 19.8 Å². The smallest absolute Gasteiger partial charge is 0.193 e. The van der Waals surface area contributed by atoms with Gasteiger partial charge in [-0.25, -0.2) is 0 Å². The molecule has 6 nitrogen and oxygen atoms in total. The number of rotatable bonds is 6. The van der Waals surface area contributed by atoms with E-state index in [1.54, 1.807) is 7.11 Å². The molecule has 0 amide bonds. The molecule has 0 spiro atoms. The van der Waals surface area contributed by atoms with Gasteiger partial charge >= 0.3 is 0 Å². The van der Waals surface area contributed by atoms with Gasteiger partial charge in [0.15, 0.2) is 5.96 Å². The van der Waals surface area contributed by atoms with E-state index in [1.807, 2.05) is 35.9 Å². The number of ether oxygens (including phenoxy) is 1. The molecule has 6 heteroatoms. The van der Waals surface area contributed by atoms with Gasteiger partial charge in [0.25, 0.3) is 0 Å². The third kappa shape index (κ3) is 5.02. The first-order valence-corrected chi connectivity index (χ1v) is 7.70. The van der Waals surface area contributed by atoms with E-state index in [2.05, 4.69) is 35.3 Å². The number of nitrogens with one attached hydrogen (secondary N) is 1. The maximum absolute atomic E-state index is 5.94. The van der Waals surface area contributed by atoms with Crippen LogP contribution in [0.2, 0.25) is 0 Å². The molecule has 1 heterocycles. The fourth-order valence-corrected chi connectivity index (χ4v) is 2.33. The van der Waals surface area contributed by atoms with Gasteiger partial charge in [-0.2, -0.15) is 5.10 Å². The SMILES string of the molecule is COc1ccc(NC(N)=NCC(C)Cn2nc(C)cc2C)cc1. The number of aliphatic imine (C=N–C) groups is 1. The van der Waals surface area contributed by atoms with Gasteiger partial charge in [0.05, 0.1) is 12.8 Å². The first-order valence-electron chi connectivity index (χ1n) is 7.70. The van der Waals surface area contributed by atoms with Crippen LogP contribution in [0.4, 0.5) is 5.69 Å². The summed E-state index contributed by atoms with van der Waals surface area (Å²) in [5.74, 6) is 1.57. The average molecular weight is 315 g/mol. The third-order valence-electron chi connectivity index (χ3n) is 3.52. The molecule has 2 rings (SSSR count). The van der Waals surface area contributed by atoms with E-state index in [4.69, 9.17) is 10.5 Å². The quantitative estimate of drug-likeness (QED) is 0.634. The zero-order valence-corrected chi connectivity index (χ0v) is 14.2. The van der Waals surface area contributed by atoms with Gasteiger partial charge in [-0.3, -0.25) is 9.67 Å². The van der Waals surface area contributed by atoms with Crippen molar-refractivity contribution < 1.29 is 4.74 Å². The highest BCUT2D eigenvalue weighted by Gasteiger charge is 2.07. The van der Waals surface area contributed by atoms with Crippen LogP contribution in [0.25, 0.3) is 0 Å². The minimum absolute atomic E-state index is 0.351. The molecule has 0 fully saturated rings. The summed E-state index contributed by atoms with van der Waals surface area (Å²) < 4.78 is 7.14. The summed E-state index contributed by atoms with van der Waals surface area (Å²) in [6, 6.07) is 9.64. The zero-order valence-electron chi connectivity index (χ0n) is 14.2. The standard InChI is InChI=1S/C17H25N5O/c1-12(11-22-14(3)9-13(2)21-22)10-19-17(18)20-15-5-7-16(23-4)8-6-15/h5-9,12H,10-11H2,1-4H3,(H3,18,19,20). The number of nitrogens with two attached hydrogens (primary N) is 1. The Morgan fingerprint density at radius 3 is 2.61 bits per heavy atom. The number of aryl methyl sites for hydroxylation is 2. The summed E-state index contributed by atoms with van der Waals surface area (Å²) in [7, 11) is 1.64. The number of aromatic nitrogens is 2. The number of hydrogen-bond donors (Lipinski definition) is 2. The molecular weight excluding hydrogens is 290 g/mol. The lowest BCUT2D eigenvalue weighted by molar-refractivity contribution is 0.415. The normalized spacial score (nSPS) is 13.0. The highest BCUT2D eigenvalue weighted by atomic mass is 16.5. The van der Waals surface area contributed by atoms with Crippen molar-refractivity contribution in [3.05, 3.63) is 41.7 Å². The maximum atomic E-state index is 5.94. The van der Waals surface area contributed by atoms with Crippen molar-refractivity contribution in [1.29, 1.82) is 0 Å². The van der Waals surface area contributed by atoms with Gasteiger partial charge in [-0.1, -0.05) is 6.92 Å². The lowest BCUT2D eigenvalue weighted by Crippen LogP contribution is -2.24. The van der Waals surface area contributed by atoms with Crippen LogP contribution in [0.3, 0.4) is 0 Å². The minimum atomic E-state index is 0.351. The number of methoxy groups -OCH3 is 1. The molecular formula is C17H25N5O. The highest BCUT2D eigenvalue weighted by Crippen LogP contribution is 2.14. The van der Waals surface area contributed by atoms with Crippen LogP contribution >= 0.6 is 0 Å². The summed E-state index contributed by atoms with van der Waals surface area (Å²) >= 11 is 0. The van der Waals surface area contributed by atoms with Gasteiger partial charge in [0.2, 0.25) is 0 Å². The Hall–Kier alpha value is -2.50. The van der Waals surface area contributed by atoms with Crippen molar-refractivity contribution in [2.24, 2.45) is 16.6 Å². The van der Waals surface area contributed by atoms with Gasteiger partial charge in [-0.05, 0) is 50.1 Å². The lowest BCUT2D eigenvalue weighted by atomic mass is 10.2. The molecule has 0 radical (unpaired) electrons. The van der Waals surface area contributed by atoms with Gasteiger partial charge in [-0.15, -0.1) is 0 Å². The van der Waals surface area contributed by atoms with E-state index in [1.165, 1.54) is 5.69 Å². The van der Waals surface area contributed by atoms with Crippen molar-refractivity contribution in [3.8, 4) is 5.75 Å². The van der Waals surface area contributed by atoms with E-state index in [0.717, 1.165) is 23.7 Å². The number of hydrogen-bond acceptors (Lipinski definition) is 3. The summed E-state index contributed by atoms with van der Waals surface area (Å²) in [6.45, 7) is 7.69. The minimum Gasteiger partial charge on any atom is -0.497 e. The first-order chi connectivity index (χ1) is 11.0. The molecule has 0 aliphatic carbocycles. The first kappa shape index (κ1) is 16.9. The molecule has 2 aromatic rings. The van der Waals surface area contributed by atoms with Gasteiger partial charge in [0.1, 0.15) is 5.75 Å².